The lowest BCUT2D eigenvalue weighted by Gasteiger charge is -2.31. The molecule has 0 unspecified atom stereocenters. The molecule has 3 aliphatic rings. The minimum atomic E-state index is -1.32. The molecule has 292 valence electrons. The third kappa shape index (κ3) is 8.12. The van der Waals surface area contributed by atoms with Crippen LogP contribution in [0, 0.1) is 5.92 Å². The molecule has 0 radical (unpaired) electrons. The maximum Gasteiger partial charge on any atom is 0.407 e. The number of benzene rings is 1. The van der Waals surface area contributed by atoms with E-state index in [1.807, 2.05) is 32.0 Å². The molecule has 2 aromatic heterocycles. The number of methoxy groups -OCH3 is 2. The number of rotatable bonds is 12. The highest BCUT2D eigenvalue weighted by molar-refractivity contribution is 5.89. The van der Waals surface area contributed by atoms with Gasteiger partial charge in [-0.05, 0) is 37.2 Å². The van der Waals surface area contributed by atoms with Crippen molar-refractivity contribution in [2.24, 2.45) is 5.92 Å². The second-order valence-electron chi connectivity index (χ2n) is 14.4. The topological polar surface area (TPSA) is 212 Å². The Morgan fingerprint density at radius 1 is 0.836 bits per heavy atom. The molecule has 0 bridgehead atoms. The number of aliphatic carboxylic acids is 1. The van der Waals surface area contributed by atoms with Crippen molar-refractivity contribution in [1.82, 2.24) is 40.4 Å². The number of nitrogens with zero attached hydrogens (tertiary/aromatic N) is 4. The Morgan fingerprint density at radius 3 is 1.87 bits per heavy atom. The van der Waals surface area contributed by atoms with Crippen molar-refractivity contribution in [3.63, 3.8) is 0 Å². The van der Waals surface area contributed by atoms with E-state index in [9.17, 15) is 29.1 Å². The summed E-state index contributed by atoms with van der Waals surface area (Å²) in [4.78, 5) is 83.2. The second kappa shape index (κ2) is 16.6. The number of ether oxygens (including phenoxy) is 2. The number of hydrogen-bond acceptors (Lipinski definition) is 9. The Bertz CT molecular complexity index is 1920. The maximum atomic E-state index is 13.8. The number of carboxylic acid groups (broad SMARTS) is 1. The van der Waals surface area contributed by atoms with Gasteiger partial charge >= 0.3 is 18.2 Å². The number of alkyl carbamates (subject to hydrolysis) is 2. The molecule has 3 aromatic rings. The average molecular weight is 757 g/mol. The molecule has 2 fully saturated rings. The first-order valence-corrected chi connectivity index (χ1v) is 18.5. The van der Waals surface area contributed by atoms with Crippen LogP contribution in [0.3, 0.4) is 0 Å². The molecular weight excluding hydrogens is 708 g/mol. The van der Waals surface area contributed by atoms with Crippen molar-refractivity contribution in [1.29, 1.82) is 0 Å². The van der Waals surface area contributed by atoms with Crippen LogP contribution in [-0.2, 0) is 29.3 Å². The van der Waals surface area contributed by atoms with Crippen LogP contribution in [0.2, 0.25) is 0 Å². The molecule has 4 amide bonds. The van der Waals surface area contributed by atoms with E-state index in [-0.39, 0.29) is 23.8 Å². The van der Waals surface area contributed by atoms with Crippen LogP contribution in [0.5, 0.6) is 0 Å². The summed E-state index contributed by atoms with van der Waals surface area (Å²) in [5, 5.41) is 14.5. The van der Waals surface area contributed by atoms with Gasteiger partial charge in [0.25, 0.3) is 0 Å². The number of nitrogens with one attached hydrogen (secondary N) is 4. The van der Waals surface area contributed by atoms with Gasteiger partial charge in [0, 0.05) is 31.4 Å². The van der Waals surface area contributed by atoms with Gasteiger partial charge in [-0.2, -0.15) is 0 Å². The Labute approximate surface area is 318 Å². The minimum absolute atomic E-state index is 0.00811. The number of hydrogen-bond donors (Lipinski definition) is 5. The van der Waals surface area contributed by atoms with Crippen LogP contribution in [0.4, 0.5) is 9.59 Å². The van der Waals surface area contributed by atoms with Gasteiger partial charge < -0.3 is 45.0 Å². The molecule has 1 aliphatic carbocycles. The highest BCUT2D eigenvalue weighted by Crippen LogP contribution is 2.42. The Hall–Kier alpha value is -5.93. The Kier molecular flexibility index (Phi) is 11.7. The van der Waals surface area contributed by atoms with E-state index in [2.05, 4.69) is 61.8 Å². The Morgan fingerprint density at radius 2 is 1.36 bits per heavy atom. The standard InChI is InChI=1S/C39H48N8O8/c1-23(2)32(45-38(53)55-4)36(51)47-19-9-13-28(47)34-41-22-30(44-34)39(16-14-25(15-17-39)24-10-6-5-7-11-24)29-21-40-33(43-29)27-12-8-18-46(27)35(50)26(20-31(48)49)42-37(52)54-3/h5-7,10-11,14-17,21-23,25-28,32H,8-9,12-13,18-20H2,1-4H3,(H,40,43)(H,41,44)(H,42,52)(H,45,53)(H,48,49)/t25?,26-,27-,28-,32-,39?/m0/s1. The molecule has 2 saturated heterocycles. The number of H-pyrrole nitrogens is 2. The lowest BCUT2D eigenvalue weighted by Crippen LogP contribution is -2.51. The van der Waals surface area contributed by atoms with Gasteiger partial charge in [0.05, 0.1) is 49.5 Å². The van der Waals surface area contributed by atoms with Crippen LogP contribution < -0.4 is 10.6 Å². The van der Waals surface area contributed by atoms with Crippen molar-refractivity contribution in [3.05, 3.63) is 95.6 Å². The van der Waals surface area contributed by atoms with Crippen molar-refractivity contribution in [3.8, 4) is 0 Å². The predicted octanol–water partition coefficient (Wildman–Crippen LogP) is 4.24. The van der Waals surface area contributed by atoms with E-state index in [0.717, 1.165) is 24.8 Å². The van der Waals surface area contributed by atoms with E-state index in [1.165, 1.54) is 7.11 Å². The number of aromatic nitrogens is 4. The van der Waals surface area contributed by atoms with E-state index < -0.39 is 54.0 Å². The number of carbonyl (C=O) groups is 5. The quantitative estimate of drug-likeness (QED) is 0.166. The third-order valence-corrected chi connectivity index (χ3v) is 10.6. The molecule has 55 heavy (non-hydrogen) atoms. The average Bonchev–Trinajstić information content (AvgIpc) is 4.03. The summed E-state index contributed by atoms with van der Waals surface area (Å²) in [6.07, 6.45) is 12.4. The highest BCUT2D eigenvalue weighted by atomic mass is 16.5. The van der Waals surface area contributed by atoms with Gasteiger partial charge in [0.1, 0.15) is 23.7 Å². The molecule has 1 aromatic carbocycles. The first-order valence-electron chi connectivity index (χ1n) is 18.5. The number of carbonyl (C=O) groups excluding carboxylic acids is 4. The van der Waals surface area contributed by atoms with Gasteiger partial charge in [-0.25, -0.2) is 19.6 Å². The lowest BCUT2D eigenvalue weighted by molar-refractivity contribution is -0.143. The summed E-state index contributed by atoms with van der Waals surface area (Å²) in [6.45, 7) is 4.61. The van der Waals surface area contributed by atoms with Crippen molar-refractivity contribution < 1.29 is 38.6 Å². The summed E-state index contributed by atoms with van der Waals surface area (Å²) in [7, 11) is 2.41. The first kappa shape index (κ1) is 38.8. The molecule has 5 N–H and O–H groups in total. The van der Waals surface area contributed by atoms with Crippen LogP contribution in [0.25, 0.3) is 0 Å². The van der Waals surface area contributed by atoms with E-state index >= 15 is 0 Å². The van der Waals surface area contributed by atoms with Crippen LogP contribution >= 0.6 is 0 Å². The zero-order chi connectivity index (χ0) is 39.3. The summed E-state index contributed by atoms with van der Waals surface area (Å²) in [5.74, 6) is -1.02. The van der Waals surface area contributed by atoms with Gasteiger partial charge in [-0.3, -0.25) is 14.4 Å². The monoisotopic (exact) mass is 756 g/mol. The summed E-state index contributed by atoms with van der Waals surface area (Å²) in [6, 6.07) is 7.17. The number of likely N-dealkylation sites (tertiary alicyclic amines) is 2. The molecule has 0 spiro atoms. The molecule has 0 saturated carbocycles. The number of allylic oxidation sites excluding steroid dienone is 4. The van der Waals surface area contributed by atoms with Crippen LogP contribution in [-0.4, -0.2) is 104 Å². The SMILES string of the molecule is COC(=O)N[C@@H](CC(=O)O)C(=O)N1CCC[C@H]1c1ncc(C2(c3cnc([C@@H]4CCCN4C(=O)[C@@H](NC(=O)OC)C(C)C)[nH]3)C=CC(c3ccccc3)C=C2)[nH]1. The number of aromatic amines is 2. The molecule has 2 aliphatic heterocycles. The zero-order valence-electron chi connectivity index (χ0n) is 31.4. The fourth-order valence-corrected chi connectivity index (χ4v) is 7.75. The van der Waals surface area contributed by atoms with Gasteiger partial charge in [-0.1, -0.05) is 68.5 Å². The van der Waals surface area contributed by atoms with Crippen molar-refractivity contribution >= 4 is 30.0 Å². The minimum Gasteiger partial charge on any atom is -0.481 e. The molecule has 16 nitrogen and oxygen atoms in total. The van der Waals surface area contributed by atoms with Gasteiger partial charge in [0.2, 0.25) is 11.8 Å². The third-order valence-electron chi connectivity index (χ3n) is 10.6. The van der Waals surface area contributed by atoms with Gasteiger partial charge in [-0.15, -0.1) is 0 Å². The van der Waals surface area contributed by atoms with E-state index in [0.29, 0.717) is 49.7 Å². The fourth-order valence-electron chi connectivity index (χ4n) is 7.75. The van der Waals surface area contributed by atoms with Crippen LogP contribution in [0.1, 0.15) is 92.6 Å². The molecule has 4 atom stereocenters. The zero-order valence-corrected chi connectivity index (χ0v) is 31.4. The second-order valence-corrected chi connectivity index (χ2v) is 14.4. The van der Waals surface area contributed by atoms with Crippen molar-refractivity contribution in [2.45, 2.75) is 81.5 Å². The largest absolute Gasteiger partial charge is 0.481 e. The lowest BCUT2D eigenvalue weighted by atomic mass is 9.75. The normalized spacial score (nSPS) is 23.0. The van der Waals surface area contributed by atoms with Gasteiger partial charge in [0.15, 0.2) is 0 Å². The smallest absolute Gasteiger partial charge is 0.407 e. The van der Waals surface area contributed by atoms with Crippen LogP contribution in [0.15, 0.2) is 67.0 Å². The summed E-state index contributed by atoms with van der Waals surface area (Å²) >= 11 is 0. The fraction of sp³-hybridized carbons (Fsp3) is 0.462. The number of imidazole rings is 2. The number of amides is 4. The van der Waals surface area contributed by atoms with E-state index in [4.69, 9.17) is 14.7 Å². The number of carboxylic acids is 1. The highest BCUT2D eigenvalue weighted by Gasteiger charge is 2.42. The van der Waals surface area contributed by atoms with E-state index in [1.54, 1.807) is 22.2 Å². The molecular formula is C39H48N8O8. The maximum absolute atomic E-state index is 13.8. The molecule has 4 heterocycles. The summed E-state index contributed by atoms with van der Waals surface area (Å²) in [5.41, 5.74) is 1.66. The predicted molar refractivity (Wildman–Crippen MR) is 199 cm³/mol. The summed E-state index contributed by atoms with van der Waals surface area (Å²) < 4.78 is 9.43. The Balaban J connectivity index is 1.32. The van der Waals surface area contributed by atoms with Crippen molar-refractivity contribution in [2.75, 3.05) is 27.3 Å². The molecule has 6 rings (SSSR count). The first-order chi connectivity index (χ1) is 26.4. The molecule has 16 heteroatoms.